The van der Waals surface area contributed by atoms with E-state index in [1.54, 1.807) is 12.3 Å². The molecule has 3 rings (SSSR count). The van der Waals surface area contributed by atoms with Gasteiger partial charge in [0.2, 0.25) is 0 Å². The lowest BCUT2D eigenvalue weighted by molar-refractivity contribution is -0.380. The van der Waals surface area contributed by atoms with Crippen molar-refractivity contribution in [3.8, 4) is 0 Å². The number of carbonyl (C=O) groups excluding carboxylic acids is 1. The molecule has 1 N–H and O–H groups in total. The van der Waals surface area contributed by atoms with Crippen molar-refractivity contribution in [1.29, 1.82) is 0 Å². The van der Waals surface area contributed by atoms with Gasteiger partial charge in [0.15, 0.2) is 0 Å². The van der Waals surface area contributed by atoms with Gasteiger partial charge in [-0.05, 0) is 23.8 Å². The van der Waals surface area contributed by atoms with Crippen LogP contribution in [0.1, 0.15) is 27.0 Å². The highest BCUT2D eigenvalue weighted by Crippen LogP contribution is 2.26. The van der Waals surface area contributed by atoms with Crippen LogP contribution in [0, 0.1) is 10.1 Å². The Kier molecular flexibility index (Phi) is 4.62. The fraction of sp³-hybridized carbons (Fsp3) is 0.0588. The summed E-state index contributed by atoms with van der Waals surface area (Å²) in [5.74, 6) is -0.368. The summed E-state index contributed by atoms with van der Waals surface area (Å²) in [5, 5.41) is 13.6. The average Bonchev–Trinajstić information content (AvgIpc) is 3.11. The third kappa shape index (κ3) is 3.47. The standard InChI is InChI=1S/C17H13N3O3S/c21-17(14-9-10-15(24-14)20(22)23)19-16(12-6-2-1-3-7-12)13-8-4-5-11-18-13/h1-11,16H,(H,19,21). The largest absolute Gasteiger partial charge is 0.339 e. The van der Waals surface area contributed by atoms with Crippen LogP contribution in [0.5, 0.6) is 0 Å². The molecule has 0 aliphatic carbocycles. The number of amides is 1. The maximum absolute atomic E-state index is 12.5. The molecular weight excluding hydrogens is 326 g/mol. The molecule has 3 aromatic rings. The van der Waals surface area contributed by atoms with Crippen LogP contribution in [0.25, 0.3) is 0 Å². The molecule has 120 valence electrons. The first-order chi connectivity index (χ1) is 11.6. The quantitative estimate of drug-likeness (QED) is 0.569. The van der Waals surface area contributed by atoms with Crippen molar-refractivity contribution in [3.05, 3.63) is 93.1 Å². The first-order valence-electron chi connectivity index (χ1n) is 7.16. The van der Waals surface area contributed by atoms with Crippen LogP contribution in [-0.4, -0.2) is 15.8 Å². The number of thiophene rings is 1. The normalized spacial score (nSPS) is 11.7. The molecule has 2 aromatic heterocycles. The Morgan fingerprint density at radius 2 is 1.83 bits per heavy atom. The number of nitrogens with one attached hydrogen (secondary N) is 1. The van der Waals surface area contributed by atoms with E-state index in [0.717, 1.165) is 16.9 Å². The van der Waals surface area contributed by atoms with E-state index in [-0.39, 0.29) is 10.9 Å². The molecule has 1 unspecified atom stereocenters. The monoisotopic (exact) mass is 339 g/mol. The number of carbonyl (C=O) groups is 1. The lowest BCUT2D eigenvalue weighted by Crippen LogP contribution is -2.29. The van der Waals surface area contributed by atoms with Crippen molar-refractivity contribution >= 4 is 22.2 Å². The van der Waals surface area contributed by atoms with Crippen LogP contribution in [-0.2, 0) is 0 Å². The van der Waals surface area contributed by atoms with E-state index in [1.807, 2.05) is 42.5 Å². The van der Waals surface area contributed by atoms with Gasteiger partial charge in [-0.15, -0.1) is 0 Å². The van der Waals surface area contributed by atoms with Gasteiger partial charge in [-0.25, -0.2) is 0 Å². The molecular formula is C17H13N3O3S. The predicted octanol–water partition coefficient (Wildman–Crippen LogP) is 3.57. The number of benzene rings is 1. The van der Waals surface area contributed by atoms with Crippen LogP contribution in [0.15, 0.2) is 66.9 Å². The molecule has 0 bridgehead atoms. The predicted molar refractivity (Wildman–Crippen MR) is 91.0 cm³/mol. The molecule has 0 spiro atoms. The van der Waals surface area contributed by atoms with Crippen LogP contribution in [0.2, 0.25) is 0 Å². The van der Waals surface area contributed by atoms with Gasteiger partial charge >= 0.3 is 5.00 Å². The fourth-order valence-electron chi connectivity index (χ4n) is 2.27. The minimum atomic E-state index is -0.505. The van der Waals surface area contributed by atoms with E-state index in [9.17, 15) is 14.9 Å². The lowest BCUT2D eigenvalue weighted by atomic mass is 10.0. The second kappa shape index (κ2) is 7.01. The number of aromatic nitrogens is 1. The van der Waals surface area contributed by atoms with E-state index in [2.05, 4.69) is 10.3 Å². The highest BCUT2D eigenvalue weighted by molar-refractivity contribution is 7.17. The Labute approximate surface area is 141 Å². The molecule has 24 heavy (non-hydrogen) atoms. The van der Waals surface area contributed by atoms with Gasteiger partial charge in [0, 0.05) is 12.3 Å². The van der Waals surface area contributed by atoms with Gasteiger partial charge in [0.1, 0.15) is 0 Å². The summed E-state index contributed by atoms with van der Waals surface area (Å²) in [6.07, 6.45) is 1.66. The summed E-state index contributed by atoms with van der Waals surface area (Å²) in [6.45, 7) is 0. The van der Waals surface area contributed by atoms with Gasteiger partial charge in [-0.3, -0.25) is 19.9 Å². The molecule has 7 heteroatoms. The Morgan fingerprint density at radius 1 is 1.08 bits per heavy atom. The molecule has 6 nitrogen and oxygen atoms in total. The lowest BCUT2D eigenvalue weighted by Gasteiger charge is -2.18. The smallest absolute Gasteiger partial charge is 0.324 e. The number of pyridine rings is 1. The molecule has 0 saturated carbocycles. The van der Waals surface area contributed by atoms with Crippen LogP contribution in [0.3, 0.4) is 0 Å². The third-order valence-electron chi connectivity index (χ3n) is 3.39. The van der Waals surface area contributed by atoms with Crippen LogP contribution < -0.4 is 5.32 Å². The van der Waals surface area contributed by atoms with E-state index in [1.165, 1.54) is 12.1 Å². The molecule has 0 saturated heterocycles. The molecule has 1 amide bonds. The highest BCUT2D eigenvalue weighted by atomic mass is 32.1. The SMILES string of the molecule is O=C(NC(c1ccccc1)c1ccccn1)c1ccc([N+](=O)[O-])s1. The van der Waals surface area contributed by atoms with Gasteiger partial charge in [-0.2, -0.15) is 0 Å². The van der Waals surface area contributed by atoms with Gasteiger partial charge in [-0.1, -0.05) is 47.7 Å². The molecule has 1 aromatic carbocycles. The minimum Gasteiger partial charge on any atom is -0.339 e. The molecule has 2 heterocycles. The van der Waals surface area contributed by atoms with Crippen LogP contribution in [0.4, 0.5) is 5.00 Å². The summed E-state index contributed by atoms with van der Waals surface area (Å²) < 4.78 is 0. The zero-order chi connectivity index (χ0) is 16.9. The second-order valence-electron chi connectivity index (χ2n) is 4.97. The molecule has 0 aliphatic heterocycles. The topological polar surface area (TPSA) is 85.1 Å². The number of nitro groups is 1. The first kappa shape index (κ1) is 15.8. The third-order valence-corrected chi connectivity index (χ3v) is 4.42. The molecule has 0 radical (unpaired) electrons. The van der Waals surface area contributed by atoms with Crippen molar-refractivity contribution in [2.45, 2.75) is 6.04 Å². The number of hydrogen-bond acceptors (Lipinski definition) is 5. The summed E-state index contributed by atoms with van der Waals surface area (Å²) in [6, 6.07) is 17.3. The van der Waals surface area contributed by atoms with E-state index >= 15 is 0 Å². The second-order valence-corrected chi connectivity index (χ2v) is 6.03. The first-order valence-corrected chi connectivity index (χ1v) is 7.98. The van der Waals surface area contributed by atoms with E-state index in [0.29, 0.717) is 10.6 Å². The Bertz CT molecular complexity index is 810. The molecule has 0 fully saturated rings. The van der Waals surface area contributed by atoms with Crippen molar-refractivity contribution in [3.63, 3.8) is 0 Å². The zero-order valence-corrected chi connectivity index (χ0v) is 13.3. The minimum absolute atomic E-state index is 0.0609. The summed E-state index contributed by atoms with van der Waals surface area (Å²) in [4.78, 5) is 27.4. The highest BCUT2D eigenvalue weighted by Gasteiger charge is 2.21. The number of nitrogens with zero attached hydrogens (tertiary/aromatic N) is 2. The van der Waals surface area contributed by atoms with Gasteiger partial charge in [0.25, 0.3) is 5.91 Å². The number of rotatable bonds is 5. The average molecular weight is 339 g/mol. The maximum Gasteiger partial charge on any atom is 0.324 e. The van der Waals surface area contributed by atoms with Crippen molar-refractivity contribution in [2.24, 2.45) is 0 Å². The van der Waals surface area contributed by atoms with E-state index in [4.69, 9.17) is 0 Å². The zero-order valence-electron chi connectivity index (χ0n) is 12.5. The van der Waals surface area contributed by atoms with Crippen LogP contribution >= 0.6 is 11.3 Å². The van der Waals surface area contributed by atoms with Gasteiger partial charge in [0.05, 0.1) is 21.5 Å². The van der Waals surface area contributed by atoms with Crippen molar-refractivity contribution < 1.29 is 9.72 Å². The Morgan fingerprint density at radius 3 is 2.46 bits per heavy atom. The van der Waals surface area contributed by atoms with Crippen molar-refractivity contribution in [1.82, 2.24) is 10.3 Å². The summed E-state index contributed by atoms with van der Waals surface area (Å²) >= 11 is 0.850. The van der Waals surface area contributed by atoms with Gasteiger partial charge < -0.3 is 5.32 Å². The maximum atomic E-state index is 12.5. The molecule has 1 atom stereocenters. The Hall–Kier alpha value is -3.06. The fourth-order valence-corrected chi connectivity index (χ4v) is 2.99. The number of hydrogen-bond donors (Lipinski definition) is 1. The summed E-state index contributed by atoms with van der Waals surface area (Å²) in [5.41, 5.74) is 1.58. The Balaban J connectivity index is 1.89. The summed E-state index contributed by atoms with van der Waals surface area (Å²) in [7, 11) is 0. The molecule has 0 aliphatic rings. The van der Waals surface area contributed by atoms with E-state index < -0.39 is 11.0 Å². The van der Waals surface area contributed by atoms with Crippen molar-refractivity contribution in [2.75, 3.05) is 0 Å².